The van der Waals surface area contributed by atoms with E-state index in [1.165, 1.54) is 18.4 Å². The average Bonchev–Trinajstić information content (AvgIpc) is 3.17. The minimum Gasteiger partial charge on any atom is -0.369 e. The van der Waals surface area contributed by atoms with Crippen LogP contribution >= 0.6 is 11.6 Å². The van der Waals surface area contributed by atoms with Crippen molar-refractivity contribution in [3.8, 4) is 0 Å². The van der Waals surface area contributed by atoms with E-state index in [1.54, 1.807) is 0 Å². The molecule has 116 valence electrons. The van der Waals surface area contributed by atoms with Crippen LogP contribution in [0.1, 0.15) is 39.2 Å². The van der Waals surface area contributed by atoms with Gasteiger partial charge in [0.1, 0.15) is 0 Å². The lowest BCUT2D eigenvalue weighted by Gasteiger charge is -2.43. The minimum absolute atomic E-state index is 0.132. The molecule has 2 fully saturated rings. The van der Waals surface area contributed by atoms with Crippen molar-refractivity contribution in [3.63, 3.8) is 0 Å². The third-order valence-corrected chi connectivity index (χ3v) is 4.40. The first-order valence-electron chi connectivity index (χ1n) is 7.87. The smallest absolute Gasteiger partial charge is 0.0805 e. The van der Waals surface area contributed by atoms with E-state index >= 15 is 0 Å². The summed E-state index contributed by atoms with van der Waals surface area (Å²) in [6.07, 6.45) is 2.85. The second kappa shape index (κ2) is 5.79. The highest BCUT2D eigenvalue weighted by Crippen LogP contribution is 2.32. The van der Waals surface area contributed by atoms with Gasteiger partial charge in [0.25, 0.3) is 0 Å². The van der Waals surface area contributed by atoms with Gasteiger partial charge in [-0.25, -0.2) is 0 Å². The van der Waals surface area contributed by atoms with Crippen LogP contribution in [0.15, 0.2) is 18.2 Å². The highest BCUT2D eigenvalue weighted by Gasteiger charge is 2.32. The first kappa shape index (κ1) is 15.1. The van der Waals surface area contributed by atoms with Gasteiger partial charge < -0.3 is 15.0 Å². The molecule has 1 saturated carbocycles. The Hall–Kier alpha value is -0.770. The summed E-state index contributed by atoms with van der Waals surface area (Å²) < 4.78 is 5.97. The summed E-state index contributed by atoms with van der Waals surface area (Å²) in [6, 6.07) is 7.16. The molecule has 1 heterocycles. The molecule has 1 aromatic carbocycles. The normalized spacial score (nSPS) is 25.1. The van der Waals surface area contributed by atoms with Crippen molar-refractivity contribution in [2.24, 2.45) is 0 Å². The predicted molar refractivity (Wildman–Crippen MR) is 88.2 cm³/mol. The molecule has 1 unspecified atom stereocenters. The number of anilines is 1. The van der Waals surface area contributed by atoms with Gasteiger partial charge in [0.2, 0.25) is 0 Å². The zero-order chi connectivity index (χ0) is 15.0. The van der Waals surface area contributed by atoms with Crippen LogP contribution in [0, 0.1) is 0 Å². The van der Waals surface area contributed by atoms with E-state index in [0.29, 0.717) is 0 Å². The lowest BCUT2D eigenvalue weighted by molar-refractivity contribution is -0.0749. The summed E-state index contributed by atoms with van der Waals surface area (Å²) in [5.41, 5.74) is 2.25. The molecule has 21 heavy (non-hydrogen) atoms. The van der Waals surface area contributed by atoms with Gasteiger partial charge in [-0.05, 0) is 51.3 Å². The summed E-state index contributed by atoms with van der Waals surface area (Å²) in [6.45, 7) is 9.07. The number of ether oxygens (including phenoxy) is 1. The van der Waals surface area contributed by atoms with Gasteiger partial charge >= 0.3 is 0 Å². The van der Waals surface area contributed by atoms with E-state index in [2.05, 4.69) is 49.2 Å². The number of halogens is 1. The Bertz CT molecular complexity index is 514. The Labute approximate surface area is 132 Å². The maximum absolute atomic E-state index is 6.52. The largest absolute Gasteiger partial charge is 0.369 e. The summed E-state index contributed by atoms with van der Waals surface area (Å²) in [5, 5.41) is 4.37. The van der Waals surface area contributed by atoms with Crippen molar-refractivity contribution in [3.05, 3.63) is 28.8 Å². The Morgan fingerprint density at radius 1 is 1.38 bits per heavy atom. The van der Waals surface area contributed by atoms with Crippen LogP contribution in [0.2, 0.25) is 5.02 Å². The third kappa shape index (κ3) is 3.91. The van der Waals surface area contributed by atoms with Crippen molar-refractivity contribution in [1.82, 2.24) is 5.32 Å². The molecule has 1 aliphatic heterocycles. The summed E-state index contributed by atoms with van der Waals surface area (Å²) >= 11 is 6.52. The fourth-order valence-electron chi connectivity index (χ4n) is 3.10. The molecule has 0 amide bonds. The molecular weight excluding hydrogens is 284 g/mol. The van der Waals surface area contributed by atoms with Crippen LogP contribution in [-0.4, -0.2) is 30.8 Å². The molecular formula is C17H25ClN2O. The lowest BCUT2D eigenvalue weighted by atomic mass is 10.0. The molecule has 4 heteroatoms. The zero-order valence-electron chi connectivity index (χ0n) is 13.2. The average molecular weight is 309 g/mol. The van der Waals surface area contributed by atoms with Crippen LogP contribution in [0.25, 0.3) is 0 Å². The zero-order valence-corrected chi connectivity index (χ0v) is 13.9. The quantitative estimate of drug-likeness (QED) is 0.920. The van der Waals surface area contributed by atoms with E-state index in [-0.39, 0.29) is 11.7 Å². The number of hydrogen-bond donors (Lipinski definition) is 1. The molecule has 2 aliphatic rings. The number of rotatable bonds is 4. The van der Waals surface area contributed by atoms with Gasteiger partial charge in [0.05, 0.1) is 22.4 Å². The van der Waals surface area contributed by atoms with E-state index in [0.717, 1.165) is 36.4 Å². The van der Waals surface area contributed by atoms with Crippen molar-refractivity contribution < 1.29 is 4.74 Å². The highest BCUT2D eigenvalue weighted by atomic mass is 35.5. The molecule has 3 rings (SSSR count). The van der Waals surface area contributed by atoms with Gasteiger partial charge in [-0.1, -0.05) is 17.7 Å². The SMILES string of the molecule is CC1CN(c2ccc(CNC3CC3)cc2Cl)CC(C)(C)O1. The number of morpholine rings is 1. The fraction of sp³-hybridized carbons (Fsp3) is 0.647. The number of benzene rings is 1. The third-order valence-electron chi connectivity index (χ3n) is 4.09. The molecule has 1 saturated heterocycles. The van der Waals surface area contributed by atoms with Crippen LogP contribution in [0.3, 0.4) is 0 Å². The van der Waals surface area contributed by atoms with Crippen molar-refractivity contribution in [1.29, 1.82) is 0 Å². The molecule has 1 N–H and O–H groups in total. The Balaban J connectivity index is 1.72. The van der Waals surface area contributed by atoms with Gasteiger partial charge in [-0.2, -0.15) is 0 Å². The second-order valence-electron chi connectivity index (χ2n) is 7.01. The first-order chi connectivity index (χ1) is 9.93. The Morgan fingerprint density at radius 2 is 2.14 bits per heavy atom. The lowest BCUT2D eigenvalue weighted by Crippen LogP contribution is -2.52. The standard InChI is InChI=1S/C17H25ClN2O/c1-12-10-20(11-17(2,3)21-12)16-7-4-13(8-15(16)18)9-19-14-5-6-14/h4,7-8,12,14,19H,5-6,9-11H2,1-3H3. The van der Waals surface area contributed by atoms with Gasteiger partial charge in [0, 0.05) is 25.7 Å². The van der Waals surface area contributed by atoms with E-state index in [4.69, 9.17) is 16.3 Å². The van der Waals surface area contributed by atoms with E-state index in [9.17, 15) is 0 Å². The first-order valence-corrected chi connectivity index (χ1v) is 8.25. The van der Waals surface area contributed by atoms with Crippen LogP contribution < -0.4 is 10.2 Å². The van der Waals surface area contributed by atoms with Crippen molar-refractivity contribution in [2.45, 2.75) is 57.9 Å². The minimum atomic E-state index is -0.132. The van der Waals surface area contributed by atoms with E-state index < -0.39 is 0 Å². The maximum atomic E-state index is 6.52. The number of nitrogens with one attached hydrogen (secondary N) is 1. The fourth-order valence-corrected chi connectivity index (χ4v) is 3.43. The van der Waals surface area contributed by atoms with Crippen molar-refractivity contribution in [2.75, 3.05) is 18.0 Å². The molecule has 0 bridgehead atoms. The summed E-state index contributed by atoms with van der Waals surface area (Å²) in [4.78, 5) is 2.34. The molecule has 0 radical (unpaired) electrons. The van der Waals surface area contributed by atoms with Crippen LogP contribution in [0.4, 0.5) is 5.69 Å². The topological polar surface area (TPSA) is 24.5 Å². The monoisotopic (exact) mass is 308 g/mol. The van der Waals surface area contributed by atoms with E-state index in [1.807, 2.05) is 0 Å². The molecule has 0 aromatic heterocycles. The number of hydrogen-bond acceptors (Lipinski definition) is 3. The molecule has 0 spiro atoms. The molecule has 3 nitrogen and oxygen atoms in total. The highest BCUT2D eigenvalue weighted by molar-refractivity contribution is 6.33. The Kier molecular flexibility index (Phi) is 4.17. The van der Waals surface area contributed by atoms with Gasteiger partial charge in [-0.3, -0.25) is 0 Å². The van der Waals surface area contributed by atoms with Crippen LogP contribution in [-0.2, 0) is 11.3 Å². The summed E-state index contributed by atoms with van der Waals surface area (Å²) in [5.74, 6) is 0. The molecule has 1 aromatic rings. The number of nitrogens with zero attached hydrogens (tertiary/aromatic N) is 1. The summed E-state index contributed by atoms with van der Waals surface area (Å²) in [7, 11) is 0. The van der Waals surface area contributed by atoms with Crippen LogP contribution in [0.5, 0.6) is 0 Å². The predicted octanol–water partition coefficient (Wildman–Crippen LogP) is 3.60. The van der Waals surface area contributed by atoms with Gasteiger partial charge in [-0.15, -0.1) is 0 Å². The maximum Gasteiger partial charge on any atom is 0.0805 e. The molecule has 1 aliphatic carbocycles. The molecule has 1 atom stereocenters. The van der Waals surface area contributed by atoms with Crippen molar-refractivity contribution >= 4 is 17.3 Å². The van der Waals surface area contributed by atoms with Gasteiger partial charge in [0.15, 0.2) is 0 Å². The second-order valence-corrected chi connectivity index (χ2v) is 7.42. The Morgan fingerprint density at radius 3 is 2.76 bits per heavy atom.